The average molecular weight is 222 g/mol. The molecular weight excluding hydrogens is 210 g/mol. The Bertz CT molecular complexity index is 447. The largest absolute Gasteiger partial charge is 0.312 e. The average Bonchev–Trinajstić information content (AvgIpc) is 3.03. The molecule has 1 aromatic carbocycles. The van der Waals surface area contributed by atoms with Crippen LogP contribution in [0.5, 0.6) is 0 Å². The summed E-state index contributed by atoms with van der Waals surface area (Å²) in [6.07, 6.45) is 1.51. The SMILES string of the molecule is CNC(c1ccc(F)cc1F)C1(C#N)CC1. The van der Waals surface area contributed by atoms with Gasteiger partial charge in [0.1, 0.15) is 11.6 Å². The molecule has 0 bridgehead atoms. The summed E-state index contributed by atoms with van der Waals surface area (Å²) in [5.41, 5.74) is -0.157. The Kier molecular flexibility index (Phi) is 2.64. The highest BCUT2D eigenvalue weighted by molar-refractivity contribution is 5.30. The minimum Gasteiger partial charge on any atom is -0.312 e. The molecule has 0 spiro atoms. The van der Waals surface area contributed by atoms with Gasteiger partial charge < -0.3 is 5.32 Å². The molecule has 1 saturated carbocycles. The molecule has 0 amide bonds. The maximum atomic E-state index is 13.6. The van der Waals surface area contributed by atoms with Crippen molar-refractivity contribution in [2.45, 2.75) is 18.9 Å². The van der Waals surface area contributed by atoms with Gasteiger partial charge in [-0.2, -0.15) is 5.26 Å². The van der Waals surface area contributed by atoms with Gasteiger partial charge in [0.05, 0.1) is 17.5 Å². The molecule has 1 aliphatic carbocycles. The minimum absolute atomic E-state index is 0.363. The van der Waals surface area contributed by atoms with E-state index >= 15 is 0 Å². The summed E-state index contributed by atoms with van der Waals surface area (Å²) in [7, 11) is 1.69. The Morgan fingerprint density at radius 1 is 1.44 bits per heavy atom. The molecule has 0 radical (unpaired) electrons. The van der Waals surface area contributed by atoms with Crippen molar-refractivity contribution in [2.24, 2.45) is 5.41 Å². The molecule has 0 saturated heterocycles. The lowest BCUT2D eigenvalue weighted by Gasteiger charge is -2.21. The van der Waals surface area contributed by atoms with Crippen LogP contribution in [0.15, 0.2) is 18.2 Å². The van der Waals surface area contributed by atoms with Crippen molar-refractivity contribution in [1.82, 2.24) is 5.32 Å². The molecule has 2 rings (SSSR count). The second-order valence-electron chi connectivity index (χ2n) is 4.16. The third-order valence-corrected chi connectivity index (χ3v) is 3.13. The van der Waals surface area contributed by atoms with Crippen LogP contribution >= 0.6 is 0 Å². The molecule has 1 atom stereocenters. The molecule has 1 aromatic rings. The predicted octanol–water partition coefficient (Wildman–Crippen LogP) is 2.53. The number of halogens is 2. The number of hydrogen-bond donors (Lipinski definition) is 1. The van der Waals surface area contributed by atoms with Crippen molar-refractivity contribution < 1.29 is 8.78 Å². The van der Waals surface area contributed by atoms with Crippen LogP contribution in [0, 0.1) is 28.4 Å². The van der Waals surface area contributed by atoms with E-state index in [0.717, 1.165) is 18.9 Å². The number of nitrogens with zero attached hydrogens (tertiary/aromatic N) is 1. The molecular formula is C12H12F2N2. The van der Waals surface area contributed by atoms with Gasteiger partial charge in [0.25, 0.3) is 0 Å². The van der Waals surface area contributed by atoms with E-state index in [1.165, 1.54) is 12.1 Å². The van der Waals surface area contributed by atoms with Crippen LogP contribution in [0.2, 0.25) is 0 Å². The fraction of sp³-hybridized carbons (Fsp3) is 0.417. The third kappa shape index (κ3) is 1.68. The lowest BCUT2D eigenvalue weighted by Crippen LogP contribution is -2.26. The van der Waals surface area contributed by atoms with E-state index in [-0.39, 0.29) is 6.04 Å². The highest BCUT2D eigenvalue weighted by Crippen LogP contribution is 2.54. The zero-order valence-electron chi connectivity index (χ0n) is 8.93. The number of rotatable bonds is 3. The molecule has 0 heterocycles. The van der Waals surface area contributed by atoms with E-state index in [1.807, 2.05) is 0 Å². The van der Waals surface area contributed by atoms with Crippen LogP contribution in [0.4, 0.5) is 8.78 Å². The molecule has 1 aliphatic rings. The van der Waals surface area contributed by atoms with Crippen molar-refractivity contribution in [3.8, 4) is 6.07 Å². The lowest BCUT2D eigenvalue weighted by molar-refractivity contribution is 0.422. The molecule has 84 valence electrons. The fourth-order valence-corrected chi connectivity index (χ4v) is 2.06. The summed E-state index contributed by atoms with van der Waals surface area (Å²) < 4.78 is 26.4. The van der Waals surface area contributed by atoms with Gasteiger partial charge in [0, 0.05) is 11.6 Å². The Hall–Kier alpha value is -1.47. The van der Waals surface area contributed by atoms with Gasteiger partial charge in [0.2, 0.25) is 0 Å². The smallest absolute Gasteiger partial charge is 0.130 e. The maximum absolute atomic E-state index is 13.6. The Morgan fingerprint density at radius 2 is 2.12 bits per heavy atom. The van der Waals surface area contributed by atoms with Crippen molar-refractivity contribution >= 4 is 0 Å². The van der Waals surface area contributed by atoms with Gasteiger partial charge in [-0.3, -0.25) is 0 Å². The molecule has 4 heteroatoms. The van der Waals surface area contributed by atoms with E-state index in [4.69, 9.17) is 5.26 Å². The van der Waals surface area contributed by atoms with Gasteiger partial charge in [0.15, 0.2) is 0 Å². The first kappa shape index (κ1) is 11.0. The zero-order valence-corrected chi connectivity index (χ0v) is 8.93. The van der Waals surface area contributed by atoms with Gasteiger partial charge in [-0.1, -0.05) is 6.07 Å². The Labute approximate surface area is 92.9 Å². The number of nitriles is 1. The quantitative estimate of drug-likeness (QED) is 0.853. The van der Waals surface area contributed by atoms with E-state index in [1.54, 1.807) is 7.05 Å². The normalized spacial score (nSPS) is 18.9. The van der Waals surface area contributed by atoms with Gasteiger partial charge in [-0.15, -0.1) is 0 Å². The first-order valence-electron chi connectivity index (χ1n) is 5.16. The minimum atomic E-state index is -0.599. The van der Waals surface area contributed by atoms with Gasteiger partial charge >= 0.3 is 0 Å². The van der Waals surface area contributed by atoms with Crippen LogP contribution in [0.3, 0.4) is 0 Å². The summed E-state index contributed by atoms with van der Waals surface area (Å²) in [6, 6.07) is 5.34. The predicted molar refractivity (Wildman–Crippen MR) is 55.4 cm³/mol. The zero-order chi connectivity index (χ0) is 11.8. The number of nitrogens with one attached hydrogen (secondary N) is 1. The van der Waals surface area contributed by atoms with Gasteiger partial charge in [-0.25, -0.2) is 8.78 Å². The molecule has 2 nitrogen and oxygen atoms in total. The van der Waals surface area contributed by atoms with Crippen LogP contribution in [-0.4, -0.2) is 7.05 Å². The van der Waals surface area contributed by atoms with Crippen LogP contribution in [0.25, 0.3) is 0 Å². The first-order valence-corrected chi connectivity index (χ1v) is 5.16. The molecule has 0 aliphatic heterocycles. The van der Waals surface area contributed by atoms with E-state index in [9.17, 15) is 8.78 Å². The summed E-state index contributed by atoms with van der Waals surface area (Å²) in [6.45, 7) is 0. The summed E-state index contributed by atoms with van der Waals surface area (Å²) >= 11 is 0. The summed E-state index contributed by atoms with van der Waals surface area (Å²) in [5.74, 6) is -1.20. The van der Waals surface area contributed by atoms with Crippen LogP contribution in [-0.2, 0) is 0 Å². The third-order valence-electron chi connectivity index (χ3n) is 3.13. The maximum Gasteiger partial charge on any atom is 0.130 e. The molecule has 1 unspecified atom stereocenters. The molecule has 0 aromatic heterocycles. The number of hydrogen-bond acceptors (Lipinski definition) is 2. The fourth-order valence-electron chi connectivity index (χ4n) is 2.06. The highest BCUT2D eigenvalue weighted by Gasteiger charge is 2.50. The Balaban J connectivity index is 2.38. The van der Waals surface area contributed by atoms with Crippen molar-refractivity contribution in [1.29, 1.82) is 5.26 Å². The van der Waals surface area contributed by atoms with Crippen LogP contribution in [0.1, 0.15) is 24.4 Å². The first-order chi connectivity index (χ1) is 7.63. The van der Waals surface area contributed by atoms with Crippen molar-refractivity contribution in [3.05, 3.63) is 35.4 Å². The summed E-state index contributed by atoms with van der Waals surface area (Å²) in [4.78, 5) is 0. The monoisotopic (exact) mass is 222 g/mol. The number of benzene rings is 1. The second-order valence-corrected chi connectivity index (χ2v) is 4.16. The van der Waals surface area contributed by atoms with E-state index in [2.05, 4.69) is 11.4 Å². The van der Waals surface area contributed by atoms with Gasteiger partial charge in [-0.05, 0) is 26.0 Å². The van der Waals surface area contributed by atoms with E-state index < -0.39 is 17.0 Å². The van der Waals surface area contributed by atoms with Crippen LogP contribution < -0.4 is 5.32 Å². The molecule has 1 N–H and O–H groups in total. The highest BCUT2D eigenvalue weighted by atomic mass is 19.1. The van der Waals surface area contributed by atoms with E-state index in [0.29, 0.717) is 5.56 Å². The van der Waals surface area contributed by atoms with Crippen molar-refractivity contribution in [2.75, 3.05) is 7.05 Å². The lowest BCUT2D eigenvalue weighted by atomic mass is 9.91. The standard InChI is InChI=1S/C12H12F2N2/c1-16-11(12(7-15)4-5-12)9-3-2-8(13)6-10(9)14/h2-3,6,11,16H,4-5H2,1H3. The topological polar surface area (TPSA) is 35.8 Å². The summed E-state index contributed by atoms with van der Waals surface area (Å²) in [5, 5.41) is 12.0. The Morgan fingerprint density at radius 3 is 2.56 bits per heavy atom. The van der Waals surface area contributed by atoms with Crippen molar-refractivity contribution in [3.63, 3.8) is 0 Å². The molecule has 1 fully saturated rings. The molecule has 16 heavy (non-hydrogen) atoms. The second kappa shape index (κ2) is 3.84.